The van der Waals surface area contributed by atoms with Gasteiger partial charge in [-0.25, -0.2) is 0 Å². The van der Waals surface area contributed by atoms with Crippen molar-refractivity contribution in [1.29, 1.82) is 0 Å². The second-order valence-electron chi connectivity index (χ2n) is 16.9. The summed E-state index contributed by atoms with van der Waals surface area (Å²) < 4.78 is 2.46. The van der Waals surface area contributed by atoms with Gasteiger partial charge < -0.3 is 9.47 Å². The van der Waals surface area contributed by atoms with Gasteiger partial charge in [0.25, 0.3) is 0 Å². The molecule has 0 bridgehead atoms. The molecule has 0 fully saturated rings. The minimum Gasteiger partial charge on any atom is -0.310 e. The molecule has 2 heteroatoms. The first-order chi connectivity index (χ1) is 30.0. The van der Waals surface area contributed by atoms with Crippen LogP contribution in [-0.4, -0.2) is 4.57 Å². The SMILES string of the molecule is CC1(C)c2ccccc2-c2ccc(N(c3ccc(-c4ccccc4)cc3)c3ccc4cc(-n5c6cccc(-c7ccccc7)c6c6c7ccccc7ccc65)ccc4c3)cc21. The third-order valence-corrected chi connectivity index (χ3v) is 13.1. The van der Waals surface area contributed by atoms with E-state index in [9.17, 15) is 0 Å². The third kappa shape index (κ3) is 5.56. The molecule has 1 aromatic heterocycles. The second kappa shape index (κ2) is 13.7. The molecule has 0 unspecified atom stereocenters. The van der Waals surface area contributed by atoms with Crippen LogP contribution in [-0.2, 0) is 5.41 Å². The molecule has 1 heterocycles. The Kier molecular flexibility index (Phi) is 7.92. The van der Waals surface area contributed by atoms with Crippen LogP contribution >= 0.6 is 0 Å². The number of hydrogen-bond acceptors (Lipinski definition) is 1. The molecule has 0 atom stereocenters. The van der Waals surface area contributed by atoms with Gasteiger partial charge in [0.05, 0.1) is 11.0 Å². The normalized spacial score (nSPS) is 12.9. The Morgan fingerprint density at radius 1 is 0.361 bits per heavy atom. The van der Waals surface area contributed by atoms with E-state index in [0.717, 1.165) is 22.7 Å². The molecular formula is C59H42N2. The highest BCUT2D eigenvalue weighted by Crippen LogP contribution is 2.51. The van der Waals surface area contributed by atoms with Gasteiger partial charge in [-0.2, -0.15) is 0 Å². The Balaban J connectivity index is 1.01. The van der Waals surface area contributed by atoms with E-state index in [0.29, 0.717) is 0 Å². The molecule has 1 aliphatic rings. The average Bonchev–Trinajstić information content (AvgIpc) is 3.78. The molecule has 1 aliphatic carbocycles. The maximum atomic E-state index is 2.46. The number of nitrogens with zero attached hydrogens (tertiary/aromatic N) is 2. The fourth-order valence-electron chi connectivity index (χ4n) is 10.2. The van der Waals surface area contributed by atoms with E-state index < -0.39 is 0 Å². The van der Waals surface area contributed by atoms with Gasteiger partial charge in [-0.3, -0.25) is 0 Å². The lowest BCUT2D eigenvalue weighted by Crippen LogP contribution is -2.16. The molecule has 0 saturated heterocycles. The van der Waals surface area contributed by atoms with Gasteiger partial charge in [-0.1, -0.05) is 172 Å². The molecule has 0 saturated carbocycles. The second-order valence-corrected chi connectivity index (χ2v) is 16.9. The molecule has 10 aromatic carbocycles. The maximum absolute atomic E-state index is 2.46. The Bertz CT molecular complexity index is 3480. The standard InChI is InChI=1S/C59H42N2/c1-59(2)53-22-12-11-20-51(53)52-34-33-48(38-54(52)59)60(45-29-24-40(25-30-45)39-14-5-3-6-15-39)46-31-26-44-37-47(32-27-43(44)36-46)61-55-23-13-21-50(41-16-7-4-8-17-41)57(55)58-49-19-10-9-18-42(49)28-35-56(58)61/h3-38H,1-2H3. The molecule has 12 rings (SSSR count). The van der Waals surface area contributed by atoms with Gasteiger partial charge in [-0.15, -0.1) is 0 Å². The van der Waals surface area contributed by atoms with Crippen molar-refractivity contribution in [2.75, 3.05) is 4.90 Å². The van der Waals surface area contributed by atoms with Gasteiger partial charge in [0, 0.05) is 38.9 Å². The minimum absolute atomic E-state index is 0.106. The van der Waals surface area contributed by atoms with Crippen LogP contribution in [0.5, 0.6) is 0 Å². The monoisotopic (exact) mass is 778 g/mol. The Morgan fingerprint density at radius 2 is 0.951 bits per heavy atom. The third-order valence-electron chi connectivity index (χ3n) is 13.1. The van der Waals surface area contributed by atoms with E-state index in [1.54, 1.807) is 0 Å². The van der Waals surface area contributed by atoms with Crippen LogP contribution in [0.3, 0.4) is 0 Å². The van der Waals surface area contributed by atoms with Crippen LogP contribution in [0.2, 0.25) is 0 Å². The highest BCUT2D eigenvalue weighted by molar-refractivity contribution is 6.25. The summed E-state index contributed by atoms with van der Waals surface area (Å²) in [5.74, 6) is 0. The van der Waals surface area contributed by atoms with Gasteiger partial charge in [0.15, 0.2) is 0 Å². The smallest absolute Gasteiger partial charge is 0.0547 e. The lowest BCUT2D eigenvalue weighted by atomic mass is 9.82. The molecule has 288 valence electrons. The Labute approximate surface area is 356 Å². The van der Waals surface area contributed by atoms with Crippen molar-refractivity contribution < 1.29 is 0 Å². The van der Waals surface area contributed by atoms with Crippen LogP contribution in [0.15, 0.2) is 218 Å². The topological polar surface area (TPSA) is 8.17 Å². The Hall–Kier alpha value is -7.68. The zero-order valence-corrected chi connectivity index (χ0v) is 34.2. The zero-order chi connectivity index (χ0) is 40.7. The van der Waals surface area contributed by atoms with Crippen molar-refractivity contribution in [2.45, 2.75) is 19.3 Å². The molecular weight excluding hydrogens is 737 g/mol. The predicted molar refractivity (Wildman–Crippen MR) is 259 cm³/mol. The van der Waals surface area contributed by atoms with Crippen molar-refractivity contribution in [1.82, 2.24) is 4.57 Å². The summed E-state index contributed by atoms with van der Waals surface area (Å²) in [6.45, 7) is 4.71. The summed E-state index contributed by atoms with van der Waals surface area (Å²) in [7, 11) is 0. The van der Waals surface area contributed by atoms with Crippen molar-refractivity contribution >= 4 is 60.4 Å². The van der Waals surface area contributed by atoms with Gasteiger partial charge in [-0.05, 0) is 127 Å². The minimum atomic E-state index is -0.106. The quantitative estimate of drug-likeness (QED) is 0.163. The summed E-state index contributed by atoms with van der Waals surface area (Å²) in [5, 5.41) is 7.48. The summed E-state index contributed by atoms with van der Waals surface area (Å²) in [6.07, 6.45) is 0. The van der Waals surface area contributed by atoms with Crippen LogP contribution in [0.1, 0.15) is 25.0 Å². The molecule has 0 radical (unpaired) electrons. The molecule has 0 amide bonds. The van der Waals surface area contributed by atoms with Gasteiger partial charge in [0.1, 0.15) is 0 Å². The van der Waals surface area contributed by atoms with Crippen molar-refractivity contribution in [3.63, 3.8) is 0 Å². The summed E-state index contributed by atoms with van der Waals surface area (Å²) in [5.41, 5.74) is 17.1. The van der Waals surface area contributed by atoms with Gasteiger partial charge in [0.2, 0.25) is 0 Å². The van der Waals surface area contributed by atoms with Crippen LogP contribution in [0.25, 0.3) is 82.4 Å². The first-order valence-corrected chi connectivity index (χ1v) is 21.3. The maximum Gasteiger partial charge on any atom is 0.0547 e. The lowest BCUT2D eigenvalue weighted by Gasteiger charge is -2.28. The zero-order valence-electron chi connectivity index (χ0n) is 34.2. The molecule has 11 aromatic rings. The number of benzene rings is 10. The first-order valence-electron chi connectivity index (χ1n) is 21.3. The van der Waals surface area contributed by atoms with E-state index in [1.165, 1.54) is 87.9 Å². The van der Waals surface area contributed by atoms with E-state index in [-0.39, 0.29) is 5.41 Å². The van der Waals surface area contributed by atoms with Crippen molar-refractivity contribution in [3.8, 4) is 39.1 Å². The highest BCUT2D eigenvalue weighted by Gasteiger charge is 2.35. The summed E-state index contributed by atoms with van der Waals surface area (Å²) in [6, 6.07) is 80.4. The number of aromatic nitrogens is 1. The number of hydrogen-bond donors (Lipinski definition) is 0. The number of anilines is 3. The van der Waals surface area contributed by atoms with Gasteiger partial charge >= 0.3 is 0 Å². The largest absolute Gasteiger partial charge is 0.310 e. The van der Waals surface area contributed by atoms with E-state index in [2.05, 4.69) is 242 Å². The van der Waals surface area contributed by atoms with Crippen LogP contribution in [0, 0.1) is 0 Å². The van der Waals surface area contributed by atoms with Crippen molar-refractivity contribution in [2.24, 2.45) is 0 Å². The number of rotatable bonds is 6. The fourth-order valence-corrected chi connectivity index (χ4v) is 10.2. The average molecular weight is 779 g/mol. The summed E-state index contributed by atoms with van der Waals surface area (Å²) >= 11 is 0. The number of fused-ring (bicyclic) bond motifs is 9. The highest BCUT2D eigenvalue weighted by atomic mass is 15.1. The molecule has 0 N–H and O–H groups in total. The van der Waals surface area contributed by atoms with Crippen LogP contribution in [0.4, 0.5) is 17.1 Å². The fraction of sp³-hybridized carbons (Fsp3) is 0.0508. The summed E-state index contributed by atoms with van der Waals surface area (Å²) in [4.78, 5) is 2.42. The predicted octanol–water partition coefficient (Wildman–Crippen LogP) is 16.2. The van der Waals surface area contributed by atoms with Crippen LogP contribution < -0.4 is 4.90 Å². The first kappa shape index (κ1) is 35.3. The van der Waals surface area contributed by atoms with E-state index >= 15 is 0 Å². The lowest BCUT2D eigenvalue weighted by molar-refractivity contribution is 0.660. The molecule has 0 aliphatic heterocycles. The molecule has 61 heavy (non-hydrogen) atoms. The Morgan fingerprint density at radius 3 is 1.79 bits per heavy atom. The molecule has 0 spiro atoms. The van der Waals surface area contributed by atoms with Crippen molar-refractivity contribution in [3.05, 3.63) is 230 Å². The molecule has 2 nitrogen and oxygen atoms in total. The van der Waals surface area contributed by atoms with E-state index in [1.807, 2.05) is 0 Å². The van der Waals surface area contributed by atoms with E-state index in [4.69, 9.17) is 0 Å².